The fraction of sp³-hybridized carbons (Fsp3) is 0.360. The van der Waals surface area contributed by atoms with Crippen LogP contribution in [0.3, 0.4) is 0 Å². The minimum atomic E-state index is -0.415. The maximum atomic E-state index is 11.3. The van der Waals surface area contributed by atoms with Gasteiger partial charge in [-0.1, -0.05) is 19.4 Å². The number of hydrogen-bond donors (Lipinski definition) is 1. The van der Waals surface area contributed by atoms with E-state index >= 15 is 0 Å². The first-order valence-electron chi connectivity index (χ1n) is 11.4. The Balaban J connectivity index is 1.84. The Bertz CT molecular complexity index is 1210. The van der Waals surface area contributed by atoms with Gasteiger partial charge < -0.3 is 19.5 Å². The molecule has 9 heteroatoms. The number of aryl methyl sites for hydroxylation is 1. The van der Waals surface area contributed by atoms with E-state index in [1.54, 1.807) is 12.3 Å². The summed E-state index contributed by atoms with van der Waals surface area (Å²) >= 11 is 5.76. The summed E-state index contributed by atoms with van der Waals surface area (Å²) in [6.45, 7) is 7.12. The molecule has 4 rings (SSSR count). The number of methoxy groups -OCH3 is 1. The molecule has 3 aromatic rings. The molecule has 0 saturated carbocycles. The molecule has 1 aliphatic rings. The Morgan fingerprint density at radius 3 is 2.68 bits per heavy atom. The summed E-state index contributed by atoms with van der Waals surface area (Å²) in [5.41, 5.74) is 4.87. The molecule has 1 saturated heterocycles. The summed E-state index contributed by atoms with van der Waals surface area (Å²) in [5, 5.41) is 15.5. The number of benzene rings is 1. The van der Waals surface area contributed by atoms with Gasteiger partial charge in [-0.3, -0.25) is 15.1 Å². The van der Waals surface area contributed by atoms with Crippen molar-refractivity contribution in [2.24, 2.45) is 0 Å². The van der Waals surface area contributed by atoms with Crippen molar-refractivity contribution in [3.05, 3.63) is 81.4 Å². The van der Waals surface area contributed by atoms with Crippen molar-refractivity contribution in [1.82, 2.24) is 19.8 Å². The normalized spacial score (nSPS) is 17.6. The summed E-state index contributed by atoms with van der Waals surface area (Å²) in [7, 11) is 1.53. The van der Waals surface area contributed by atoms with Gasteiger partial charge in [-0.2, -0.15) is 0 Å². The van der Waals surface area contributed by atoms with E-state index in [0.717, 1.165) is 52.8 Å². The molecule has 2 aromatic heterocycles. The Morgan fingerprint density at radius 2 is 2.03 bits per heavy atom. The summed E-state index contributed by atoms with van der Waals surface area (Å²) in [6.07, 6.45) is 3.90. The van der Waals surface area contributed by atoms with E-state index in [0.29, 0.717) is 5.75 Å². The van der Waals surface area contributed by atoms with Crippen LogP contribution in [0.25, 0.3) is 5.69 Å². The van der Waals surface area contributed by atoms with Gasteiger partial charge in [-0.05, 0) is 62.3 Å². The van der Waals surface area contributed by atoms with Crippen molar-refractivity contribution in [3.8, 4) is 11.4 Å². The fourth-order valence-electron chi connectivity index (χ4n) is 4.74. The van der Waals surface area contributed by atoms with Crippen LogP contribution in [0.1, 0.15) is 54.5 Å². The molecule has 0 bridgehead atoms. The van der Waals surface area contributed by atoms with E-state index in [1.165, 1.54) is 19.2 Å². The zero-order valence-corrected chi connectivity index (χ0v) is 20.6. The van der Waals surface area contributed by atoms with Crippen molar-refractivity contribution >= 4 is 23.0 Å². The summed E-state index contributed by atoms with van der Waals surface area (Å²) in [6, 6.07) is 12.7. The first kappa shape index (κ1) is 23.7. The fourth-order valence-corrected chi connectivity index (χ4v) is 5.07. The molecule has 0 spiro atoms. The predicted molar refractivity (Wildman–Crippen MR) is 136 cm³/mol. The van der Waals surface area contributed by atoms with Crippen LogP contribution in [-0.4, -0.2) is 38.1 Å². The SMILES string of the molecule is CCCCN1C(=S)N[C@@H](c2ccccn2)[C@H]1c1cc(C)n(-c2ccc([N+](=O)[O-])cc2OC)c1C. The van der Waals surface area contributed by atoms with Crippen LogP contribution >= 0.6 is 12.2 Å². The molecule has 0 aliphatic carbocycles. The number of hydrogen-bond acceptors (Lipinski definition) is 5. The van der Waals surface area contributed by atoms with Crippen LogP contribution in [-0.2, 0) is 0 Å². The van der Waals surface area contributed by atoms with E-state index in [-0.39, 0.29) is 17.8 Å². The summed E-state index contributed by atoms with van der Waals surface area (Å²) in [4.78, 5) is 17.7. The van der Waals surface area contributed by atoms with E-state index in [4.69, 9.17) is 17.0 Å². The number of aromatic nitrogens is 2. The van der Waals surface area contributed by atoms with Gasteiger partial charge >= 0.3 is 0 Å². The molecule has 1 N–H and O–H groups in total. The molecular formula is C25H29N5O3S. The number of nitrogens with one attached hydrogen (secondary N) is 1. The number of nitrogens with zero attached hydrogens (tertiary/aromatic N) is 4. The smallest absolute Gasteiger partial charge is 0.273 e. The molecule has 0 radical (unpaired) electrons. The van der Waals surface area contributed by atoms with Gasteiger partial charge in [0.15, 0.2) is 5.11 Å². The maximum Gasteiger partial charge on any atom is 0.273 e. The van der Waals surface area contributed by atoms with E-state index < -0.39 is 4.92 Å². The molecule has 8 nitrogen and oxygen atoms in total. The highest BCUT2D eigenvalue weighted by atomic mass is 32.1. The number of rotatable bonds is 8. The third kappa shape index (κ3) is 4.23. The second-order valence-corrected chi connectivity index (χ2v) is 8.84. The van der Waals surface area contributed by atoms with Gasteiger partial charge in [0.1, 0.15) is 5.75 Å². The Kier molecular flexibility index (Phi) is 6.83. The van der Waals surface area contributed by atoms with Crippen LogP contribution < -0.4 is 10.1 Å². The van der Waals surface area contributed by atoms with Gasteiger partial charge in [0.25, 0.3) is 5.69 Å². The first-order chi connectivity index (χ1) is 16.4. The number of pyridine rings is 1. The molecule has 1 aliphatic heterocycles. The zero-order valence-electron chi connectivity index (χ0n) is 19.8. The Labute approximate surface area is 204 Å². The second kappa shape index (κ2) is 9.80. The number of thiocarbonyl (C=S) groups is 1. The quantitative estimate of drug-likeness (QED) is 0.271. The summed E-state index contributed by atoms with van der Waals surface area (Å²) in [5.74, 6) is 0.451. The molecule has 0 amide bonds. The largest absolute Gasteiger partial charge is 0.494 e. The number of unbranched alkanes of at least 4 members (excludes halogenated alkanes) is 1. The molecule has 3 heterocycles. The van der Waals surface area contributed by atoms with Gasteiger partial charge in [-0.25, -0.2) is 0 Å². The lowest BCUT2D eigenvalue weighted by atomic mass is 9.96. The molecule has 2 atom stereocenters. The molecular weight excluding hydrogens is 450 g/mol. The highest BCUT2D eigenvalue weighted by molar-refractivity contribution is 7.80. The standard InChI is InChI=1S/C25H29N5O3S/c1-5-6-13-28-24(23(27-25(28)34)20-9-7-8-12-26-20)19-14-16(2)29(17(19)3)21-11-10-18(30(31)32)15-22(21)33-4/h7-12,14-15,23-24H,5-6,13H2,1-4H3,(H,27,34)/t23-,24+/m0/s1. The molecule has 34 heavy (non-hydrogen) atoms. The minimum Gasteiger partial charge on any atom is -0.494 e. The van der Waals surface area contributed by atoms with E-state index in [1.807, 2.05) is 25.1 Å². The van der Waals surface area contributed by atoms with Crippen molar-refractivity contribution in [2.75, 3.05) is 13.7 Å². The number of ether oxygens (including phenoxy) is 1. The number of nitro benzene ring substituents is 1. The summed E-state index contributed by atoms with van der Waals surface area (Å²) < 4.78 is 7.63. The number of nitro groups is 1. The lowest BCUT2D eigenvalue weighted by molar-refractivity contribution is -0.384. The van der Waals surface area contributed by atoms with Gasteiger partial charge in [0.05, 0.1) is 41.6 Å². The maximum absolute atomic E-state index is 11.3. The zero-order chi connectivity index (χ0) is 24.4. The molecule has 1 aromatic carbocycles. The van der Waals surface area contributed by atoms with Crippen molar-refractivity contribution < 1.29 is 9.66 Å². The molecule has 178 valence electrons. The van der Waals surface area contributed by atoms with Crippen molar-refractivity contribution in [1.29, 1.82) is 0 Å². The highest BCUT2D eigenvalue weighted by Crippen LogP contribution is 2.42. The Hall–Kier alpha value is -3.46. The van der Waals surface area contributed by atoms with Gasteiger partial charge in [0.2, 0.25) is 0 Å². The lowest BCUT2D eigenvalue weighted by Gasteiger charge is -2.28. The molecule has 1 fully saturated rings. The highest BCUT2D eigenvalue weighted by Gasteiger charge is 2.41. The topological polar surface area (TPSA) is 85.5 Å². The van der Waals surface area contributed by atoms with Crippen LogP contribution in [0.2, 0.25) is 0 Å². The average molecular weight is 480 g/mol. The third-order valence-corrected chi connectivity index (χ3v) is 6.71. The van der Waals surface area contributed by atoms with Crippen molar-refractivity contribution in [2.45, 2.75) is 45.7 Å². The van der Waals surface area contributed by atoms with Gasteiger partial charge in [-0.15, -0.1) is 0 Å². The minimum absolute atomic E-state index is 0.00501. The molecule has 0 unspecified atom stereocenters. The number of non-ortho nitro benzene ring substituents is 1. The van der Waals surface area contributed by atoms with E-state index in [9.17, 15) is 10.1 Å². The Morgan fingerprint density at radius 1 is 1.24 bits per heavy atom. The van der Waals surface area contributed by atoms with Gasteiger partial charge in [0, 0.05) is 30.2 Å². The van der Waals surface area contributed by atoms with E-state index in [2.05, 4.69) is 39.7 Å². The third-order valence-electron chi connectivity index (χ3n) is 6.35. The van der Waals surface area contributed by atoms with Crippen LogP contribution in [0, 0.1) is 24.0 Å². The average Bonchev–Trinajstić information content (AvgIpc) is 3.32. The van der Waals surface area contributed by atoms with Crippen molar-refractivity contribution in [3.63, 3.8) is 0 Å². The van der Waals surface area contributed by atoms with Crippen LogP contribution in [0.4, 0.5) is 5.69 Å². The van der Waals surface area contributed by atoms with Crippen LogP contribution in [0.5, 0.6) is 5.75 Å². The first-order valence-corrected chi connectivity index (χ1v) is 11.8. The van der Waals surface area contributed by atoms with Crippen LogP contribution in [0.15, 0.2) is 48.7 Å². The predicted octanol–water partition coefficient (Wildman–Crippen LogP) is 5.18. The lowest BCUT2D eigenvalue weighted by Crippen LogP contribution is -2.30. The monoisotopic (exact) mass is 479 g/mol. The second-order valence-electron chi connectivity index (χ2n) is 8.45.